The Morgan fingerprint density at radius 1 is 1.75 bits per heavy atom. The fraction of sp³-hybridized carbons (Fsp3) is 0.444. The maximum Gasteiger partial charge on any atom is 0.151 e. The summed E-state index contributed by atoms with van der Waals surface area (Å²) in [5, 5.41) is 0. The highest BCUT2D eigenvalue weighted by Gasteiger charge is 2.24. The third-order valence-electron chi connectivity index (χ3n) is 2.39. The summed E-state index contributed by atoms with van der Waals surface area (Å²) in [6, 6.07) is 1.84. The van der Waals surface area contributed by atoms with Crippen LogP contribution in [0.2, 0.25) is 0 Å². The molecule has 3 heteroatoms. The topological polar surface area (TPSA) is 31.2 Å². The molecule has 0 N–H and O–H groups in total. The molecule has 3 nitrogen and oxygen atoms in total. The highest BCUT2D eigenvalue weighted by molar-refractivity contribution is 5.77. The van der Waals surface area contributed by atoms with E-state index in [0.717, 1.165) is 30.5 Å². The Balaban J connectivity index is 2.45. The Morgan fingerprint density at radius 2 is 2.58 bits per heavy atom. The van der Waals surface area contributed by atoms with Gasteiger partial charge in [0.05, 0.1) is 11.8 Å². The molecular weight excluding hydrogens is 154 g/mol. The maximum atomic E-state index is 10.6. The number of fused-ring (bicyclic) bond motifs is 1. The van der Waals surface area contributed by atoms with Crippen LogP contribution in [-0.4, -0.2) is 18.0 Å². The fourth-order valence-electron chi connectivity index (χ4n) is 1.79. The van der Waals surface area contributed by atoms with Crippen LogP contribution in [0.3, 0.4) is 0 Å². The summed E-state index contributed by atoms with van der Waals surface area (Å²) in [5.74, 6) is 0. The van der Waals surface area contributed by atoms with E-state index >= 15 is 0 Å². The van der Waals surface area contributed by atoms with Crippen molar-refractivity contribution in [2.45, 2.75) is 19.1 Å². The van der Waals surface area contributed by atoms with Crippen molar-refractivity contribution in [2.75, 3.05) is 7.11 Å². The molecule has 1 aliphatic heterocycles. The van der Waals surface area contributed by atoms with E-state index in [1.807, 2.05) is 12.3 Å². The second-order valence-electron chi connectivity index (χ2n) is 2.98. The van der Waals surface area contributed by atoms with Crippen LogP contribution in [0.1, 0.15) is 28.6 Å². The molecule has 2 heterocycles. The van der Waals surface area contributed by atoms with Gasteiger partial charge in [-0.05, 0) is 12.5 Å². The number of carbonyl (C=O) groups excluding carboxylic acids is 1. The van der Waals surface area contributed by atoms with Crippen molar-refractivity contribution >= 4 is 6.29 Å². The molecule has 0 aliphatic carbocycles. The minimum atomic E-state index is 0.111. The summed E-state index contributed by atoms with van der Waals surface area (Å²) < 4.78 is 7.34. The predicted molar refractivity (Wildman–Crippen MR) is 44.2 cm³/mol. The number of ether oxygens (including phenoxy) is 1. The predicted octanol–water partition coefficient (Wildman–Crippen LogP) is 1.39. The SMILES string of the molecule is COC1CCn2ccc(C=O)c21. The summed E-state index contributed by atoms with van der Waals surface area (Å²) >= 11 is 0. The molecule has 1 aliphatic rings. The molecule has 1 unspecified atom stereocenters. The lowest BCUT2D eigenvalue weighted by molar-refractivity contribution is 0.101. The van der Waals surface area contributed by atoms with E-state index < -0.39 is 0 Å². The van der Waals surface area contributed by atoms with Gasteiger partial charge in [0.25, 0.3) is 0 Å². The minimum Gasteiger partial charge on any atom is -0.375 e. The largest absolute Gasteiger partial charge is 0.375 e. The summed E-state index contributed by atoms with van der Waals surface area (Å²) in [6.45, 7) is 0.960. The zero-order valence-corrected chi connectivity index (χ0v) is 6.99. The molecule has 0 radical (unpaired) electrons. The molecule has 0 bridgehead atoms. The first-order valence-electron chi connectivity index (χ1n) is 4.04. The van der Waals surface area contributed by atoms with Crippen LogP contribution >= 0.6 is 0 Å². The van der Waals surface area contributed by atoms with Crippen molar-refractivity contribution in [3.8, 4) is 0 Å². The molecule has 2 rings (SSSR count). The van der Waals surface area contributed by atoms with Crippen LogP contribution in [-0.2, 0) is 11.3 Å². The number of carbonyl (C=O) groups is 1. The Hall–Kier alpha value is -1.09. The number of hydrogen-bond donors (Lipinski definition) is 0. The summed E-state index contributed by atoms with van der Waals surface area (Å²) in [4.78, 5) is 10.6. The Bertz CT molecular complexity index is 303. The Kier molecular flexibility index (Phi) is 1.73. The van der Waals surface area contributed by atoms with Crippen LogP contribution < -0.4 is 0 Å². The second kappa shape index (κ2) is 2.75. The van der Waals surface area contributed by atoms with Crippen molar-refractivity contribution in [1.82, 2.24) is 4.57 Å². The Labute approximate surface area is 70.9 Å². The zero-order chi connectivity index (χ0) is 8.55. The van der Waals surface area contributed by atoms with Gasteiger partial charge >= 0.3 is 0 Å². The zero-order valence-electron chi connectivity index (χ0n) is 6.99. The molecular formula is C9H11NO2. The third-order valence-corrected chi connectivity index (χ3v) is 2.39. The van der Waals surface area contributed by atoms with Gasteiger partial charge in [-0.3, -0.25) is 4.79 Å². The number of nitrogens with zero attached hydrogens (tertiary/aromatic N) is 1. The lowest BCUT2D eigenvalue weighted by atomic mass is 10.1. The van der Waals surface area contributed by atoms with Gasteiger partial charge in [-0.25, -0.2) is 0 Å². The Morgan fingerprint density at radius 3 is 3.25 bits per heavy atom. The number of aryl methyl sites for hydroxylation is 1. The quantitative estimate of drug-likeness (QED) is 0.620. The van der Waals surface area contributed by atoms with Gasteiger partial charge in [0.2, 0.25) is 0 Å². The average molecular weight is 165 g/mol. The van der Waals surface area contributed by atoms with Crippen LogP contribution in [0.5, 0.6) is 0 Å². The van der Waals surface area contributed by atoms with Crippen molar-refractivity contribution in [3.63, 3.8) is 0 Å². The molecule has 0 amide bonds. The molecule has 0 spiro atoms. The molecule has 12 heavy (non-hydrogen) atoms. The van der Waals surface area contributed by atoms with Gasteiger partial charge < -0.3 is 9.30 Å². The standard InChI is InChI=1S/C9H11NO2/c1-12-8-3-5-10-4-2-7(6-11)9(8)10/h2,4,6,8H,3,5H2,1H3. The van der Waals surface area contributed by atoms with Crippen molar-refractivity contribution < 1.29 is 9.53 Å². The van der Waals surface area contributed by atoms with Crippen LogP contribution in [0, 0.1) is 0 Å². The first kappa shape index (κ1) is 7.55. The van der Waals surface area contributed by atoms with E-state index in [4.69, 9.17) is 4.74 Å². The number of aldehydes is 1. The van der Waals surface area contributed by atoms with Gasteiger partial charge in [-0.15, -0.1) is 0 Å². The van der Waals surface area contributed by atoms with E-state index in [-0.39, 0.29) is 6.10 Å². The average Bonchev–Trinajstić information content (AvgIpc) is 2.62. The van der Waals surface area contributed by atoms with Crippen molar-refractivity contribution in [2.24, 2.45) is 0 Å². The summed E-state index contributed by atoms with van der Waals surface area (Å²) in [5.41, 5.74) is 1.80. The highest BCUT2D eigenvalue weighted by atomic mass is 16.5. The third kappa shape index (κ3) is 0.898. The van der Waals surface area contributed by atoms with E-state index in [2.05, 4.69) is 4.57 Å². The summed E-state index contributed by atoms with van der Waals surface area (Å²) in [6.07, 6.45) is 3.93. The molecule has 0 aromatic carbocycles. The molecule has 0 saturated heterocycles. The van der Waals surface area contributed by atoms with Gasteiger partial charge in [-0.1, -0.05) is 0 Å². The van der Waals surface area contributed by atoms with Crippen LogP contribution in [0.25, 0.3) is 0 Å². The molecule has 0 fully saturated rings. The van der Waals surface area contributed by atoms with E-state index in [0.29, 0.717) is 0 Å². The second-order valence-corrected chi connectivity index (χ2v) is 2.98. The highest BCUT2D eigenvalue weighted by Crippen LogP contribution is 2.30. The minimum absolute atomic E-state index is 0.111. The van der Waals surface area contributed by atoms with Crippen molar-refractivity contribution in [1.29, 1.82) is 0 Å². The first-order valence-corrected chi connectivity index (χ1v) is 4.04. The van der Waals surface area contributed by atoms with E-state index in [1.165, 1.54) is 0 Å². The van der Waals surface area contributed by atoms with Crippen molar-refractivity contribution in [3.05, 3.63) is 23.5 Å². The van der Waals surface area contributed by atoms with Gasteiger partial charge in [0.1, 0.15) is 0 Å². The molecule has 1 aromatic rings. The lowest BCUT2D eigenvalue weighted by Crippen LogP contribution is -1.99. The van der Waals surface area contributed by atoms with Crippen LogP contribution in [0.4, 0.5) is 0 Å². The normalized spacial score (nSPS) is 20.9. The lowest BCUT2D eigenvalue weighted by Gasteiger charge is -2.06. The molecule has 1 aromatic heterocycles. The fourth-order valence-corrected chi connectivity index (χ4v) is 1.79. The molecule has 0 saturated carbocycles. The smallest absolute Gasteiger partial charge is 0.151 e. The summed E-state index contributed by atoms with van der Waals surface area (Å²) in [7, 11) is 1.68. The first-order chi connectivity index (χ1) is 5.86. The monoisotopic (exact) mass is 165 g/mol. The molecule has 1 atom stereocenters. The van der Waals surface area contributed by atoms with E-state index in [9.17, 15) is 4.79 Å². The molecule has 64 valence electrons. The number of rotatable bonds is 2. The number of hydrogen-bond acceptors (Lipinski definition) is 2. The number of aromatic nitrogens is 1. The van der Waals surface area contributed by atoms with Gasteiger partial charge in [0.15, 0.2) is 6.29 Å². The van der Waals surface area contributed by atoms with Gasteiger partial charge in [0, 0.05) is 25.4 Å². The maximum absolute atomic E-state index is 10.6. The van der Waals surface area contributed by atoms with Crippen LogP contribution in [0.15, 0.2) is 12.3 Å². The van der Waals surface area contributed by atoms with Gasteiger partial charge in [-0.2, -0.15) is 0 Å². The van der Waals surface area contributed by atoms with E-state index in [1.54, 1.807) is 7.11 Å². The number of methoxy groups -OCH3 is 1.